The highest BCUT2D eigenvalue weighted by atomic mass is 15.1. The van der Waals surface area contributed by atoms with Crippen LogP contribution in [-0.2, 0) is 19.3 Å². The first kappa shape index (κ1) is 12.4. The van der Waals surface area contributed by atoms with Crippen LogP contribution in [-0.4, -0.2) is 22.3 Å². The SMILES string of the molecule is Cc1cc(C[C@@H](C)NC2Cc3ccccc3C2)n[nH]1. The molecule has 0 saturated carbocycles. The summed E-state index contributed by atoms with van der Waals surface area (Å²) >= 11 is 0. The number of benzene rings is 1. The molecule has 100 valence electrons. The van der Waals surface area contributed by atoms with Gasteiger partial charge >= 0.3 is 0 Å². The van der Waals surface area contributed by atoms with Gasteiger partial charge in [-0.15, -0.1) is 0 Å². The van der Waals surface area contributed by atoms with Crippen LogP contribution in [0.1, 0.15) is 29.4 Å². The number of hydrogen-bond acceptors (Lipinski definition) is 2. The molecule has 1 aliphatic rings. The molecule has 0 amide bonds. The van der Waals surface area contributed by atoms with E-state index in [9.17, 15) is 0 Å². The molecule has 0 fully saturated rings. The minimum absolute atomic E-state index is 0.460. The van der Waals surface area contributed by atoms with Gasteiger partial charge in [0.15, 0.2) is 0 Å². The first-order valence-electron chi connectivity index (χ1n) is 7.04. The molecule has 1 atom stereocenters. The fourth-order valence-electron chi connectivity index (χ4n) is 3.03. The molecule has 2 aromatic rings. The maximum atomic E-state index is 4.30. The second-order valence-electron chi connectivity index (χ2n) is 5.69. The number of nitrogens with one attached hydrogen (secondary N) is 2. The summed E-state index contributed by atoms with van der Waals surface area (Å²) in [7, 11) is 0. The van der Waals surface area contributed by atoms with Crippen molar-refractivity contribution >= 4 is 0 Å². The van der Waals surface area contributed by atoms with Gasteiger partial charge in [-0.25, -0.2) is 0 Å². The zero-order valence-corrected chi connectivity index (χ0v) is 11.6. The lowest BCUT2D eigenvalue weighted by atomic mass is 10.1. The number of hydrogen-bond donors (Lipinski definition) is 2. The van der Waals surface area contributed by atoms with Crippen molar-refractivity contribution < 1.29 is 0 Å². The highest BCUT2D eigenvalue weighted by Gasteiger charge is 2.22. The van der Waals surface area contributed by atoms with E-state index < -0.39 is 0 Å². The lowest BCUT2D eigenvalue weighted by Crippen LogP contribution is -2.38. The van der Waals surface area contributed by atoms with Gasteiger partial charge in [0, 0.05) is 24.2 Å². The van der Waals surface area contributed by atoms with Crippen LogP contribution in [0.5, 0.6) is 0 Å². The van der Waals surface area contributed by atoms with Crippen LogP contribution in [0.3, 0.4) is 0 Å². The summed E-state index contributed by atoms with van der Waals surface area (Å²) in [6, 6.07) is 11.9. The first-order chi connectivity index (χ1) is 9.20. The van der Waals surface area contributed by atoms with Crippen molar-refractivity contribution in [2.45, 2.75) is 45.2 Å². The van der Waals surface area contributed by atoms with Crippen molar-refractivity contribution in [3.63, 3.8) is 0 Å². The van der Waals surface area contributed by atoms with Crippen molar-refractivity contribution in [2.75, 3.05) is 0 Å². The summed E-state index contributed by atoms with van der Waals surface area (Å²) < 4.78 is 0. The Hall–Kier alpha value is -1.61. The van der Waals surface area contributed by atoms with E-state index in [1.807, 2.05) is 6.92 Å². The minimum atomic E-state index is 0.460. The zero-order chi connectivity index (χ0) is 13.2. The van der Waals surface area contributed by atoms with Crippen LogP contribution in [0.15, 0.2) is 30.3 Å². The van der Waals surface area contributed by atoms with E-state index in [2.05, 4.69) is 52.8 Å². The molecular weight excluding hydrogens is 234 g/mol. The lowest BCUT2D eigenvalue weighted by molar-refractivity contribution is 0.451. The smallest absolute Gasteiger partial charge is 0.0640 e. The third-order valence-electron chi connectivity index (χ3n) is 3.85. The lowest BCUT2D eigenvalue weighted by Gasteiger charge is -2.18. The van der Waals surface area contributed by atoms with Gasteiger partial charge in [-0.2, -0.15) is 5.10 Å². The normalized spacial score (nSPS) is 16.5. The van der Waals surface area contributed by atoms with Crippen molar-refractivity contribution in [3.05, 3.63) is 52.8 Å². The molecule has 0 bridgehead atoms. The number of aryl methyl sites for hydroxylation is 1. The van der Waals surface area contributed by atoms with Gasteiger partial charge in [0.25, 0.3) is 0 Å². The topological polar surface area (TPSA) is 40.7 Å². The molecule has 1 aromatic carbocycles. The molecule has 0 radical (unpaired) electrons. The predicted octanol–water partition coefficient (Wildman–Crippen LogP) is 2.41. The Labute approximate surface area is 114 Å². The Morgan fingerprint density at radius 3 is 2.58 bits per heavy atom. The number of nitrogens with zero attached hydrogens (tertiary/aromatic N) is 1. The summed E-state index contributed by atoms with van der Waals surface area (Å²) in [5, 5.41) is 11.0. The third kappa shape index (κ3) is 2.87. The van der Waals surface area contributed by atoms with E-state index >= 15 is 0 Å². The second-order valence-corrected chi connectivity index (χ2v) is 5.69. The highest BCUT2D eigenvalue weighted by molar-refractivity contribution is 5.33. The predicted molar refractivity (Wildman–Crippen MR) is 77.3 cm³/mol. The molecule has 0 aliphatic heterocycles. The summed E-state index contributed by atoms with van der Waals surface area (Å²) in [4.78, 5) is 0. The second kappa shape index (κ2) is 5.17. The maximum absolute atomic E-state index is 4.30. The van der Waals surface area contributed by atoms with Crippen molar-refractivity contribution in [1.29, 1.82) is 0 Å². The summed E-state index contributed by atoms with van der Waals surface area (Å²) in [6.07, 6.45) is 3.29. The standard InChI is InChI=1S/C16H21N3/c1-11(7-16-8-12(2)18-19-16)17-15-9-13-5-3-4-6-14(13)10-15/h3-6,8,11,15,17H,7,9-10H2,1-2H3,(H,18,19)/t11-/m1/s1. The van der Waals surface area contributed by atoms with Gasteiger partial charge < -0.3 is 5.32 Å². The van der Waals surface area contributed by atoms with Crippen LogP contribution < -0.4 is 5.32 Å². The number of aromatic nitrogens is 2. The molecule has 19 heavy (non-hydrogen) atoms. The number of fused-ring (bicyclic) bond motifs is 1. The molecule has 2 N–H and O–H groups in total. The molecule has 1 aromatic heterocycles. The van der Waals surface area contributed by atoms with Crippen LogP contribution in [0.2, 0.25) is 0 Å². The molecule has 1 aliphatic carbocycles. The molecule has 0 unspecified atom stereocenters. The Kier molecular flexibility index (Phi) is 3.38. The monoisotopic (exact) mass is 255 g/mol. The van der Waals surface area contributed by atoms with Crippen LogP contribution in [0.4, 0.5) is 0 Å². The number of aromatic amines is 1. The van der Waals surface area contributed by atoms with E-state index in [0.717, 1.165) is 30.7 Å². The first-order valence-corrected chi connectivity index (χ1v) is 7.04. The van der Waals surface area contributed by atoms with Crippen LogP contribution in [0.25, 0.3) is 0 Å². The quantitative estimate of drug-likeness (QED) is 0.881. The number of rotatable bonds is 4. The maximum Gasteiger partial charge on any atom is 0.0640 e. The van der Waals surface area contributed by atoms with Crippen LogP contribution >= 0.6 is 0 Å². The molecule has 0 saturated heterocycles. The fraction of sp³-hybridized carbons (Fsp3) is 0.438. The molecule has 0 spiro atoms. The van der Waals surface area contributed by atoms with E-state index in [1.54, 1.807) is 0 Å². The summed E-state index contributed by atoms with van der Waals surface area (Å²) in [5.74, 6) is 0. The molecule has 3 nitrogen and oxygen atoms in total. The van der Waals surface area contributed by atoms with Crippen molar-refractivity contribution in [1.82, 2.24) is 15.5 Å². The number of H-pyrrole nitrogens is 1. The van der Waals surface area contributed by atoms with Gasteiger partial charge in [0.05, 0.1) is 5.69 Å². The highest BCUT2D eigenvalue weighted by Crippen LogP contribution is 2.22. The fourth-order valence-corrected chi connectivity index (χ4v) is 3.03. The van der Waals surface area contributed by atoms with Gasteiger partial charge in [0.2, 0.25) is 0 Å². The Bertz CT molecular complexity index is 534. The Morgan fingerprint density at radius 2 is 2.00 bits per heavy atom. The third-order valence-corrected chi connectivity index (χ3v) is 3.85. The van der Waals surface area contributed by atoms with E-state index in [4.69, 9.17) is 0 Å². The molecule has 1 heterocycles. The van der Waals surface area contributed by atoms with E-state index in [1.165, 1.54) is 11.1 Å². The molecular formula is C16H21N3. The van der Waals surface area contributed by atoms with Crippen molar-refractivity contribution in [3.8, 4) is 0 Å². The largest absolute Gasteiger partial charge is 0.310 e. The average molecular weight is 255 g/mol. The summed E-state index contributed by atoms with van der Waals surface area (Å²) in [5.41, 5.74) is 5.29. The Balaban J connectivity index is 1.55. The van der Waals surface area contributed by atoms with Gasteiger partial charge in [-0.3, -0.25) is 5.10 Å². The average Bonchev–Trinajstić information content (AvgIpc) is 2.94. The Morgan fingerprint density at radius 1 is 1.32 bits per heavy atom. The van der Waals surface area contributed by atoms with Gasteiger partial charge in [0.1, 0.15) is 0 Å². The molecule has 3 heteroatoms. The van der Waals surface area contributed by atoms with Crippen molar-refractivity contribution in [2.24, 2.45) is 0 Å². The summed E-state index contributed by atoms with van der Waals surface area (Å²) in [6.45, 7) is 4.29. The van der Waals surface area contributed by atoms with Gasteiger partial charge in [-0.05, 0) is 43.9 Å². The van der Waals surface area contributed by atoms with Gasteiger partial charge in [-0.1, -0.05) is 24.3 Å². The van der Waals surface area contributed by atoms with E-state index in [0.29, 0.717) is 12.1 Å². The van der Waals surface area contributed by atoms with Crippen LogP contribution in [0, 0.1) is 6.92 Å². The minimum Gasteiger partial charge on any atom is -0.310 e. The zero-order valence-electron chi connectivity index (χ0n) is 11.6. The van der Waals surface area contributed by atoms with E-state index in [-0.39, 0.29) is 0 Å². The molecule has 3 rings (SSSR count).